The summed E-state index contributed by atoms with van der Waals surface area (Å²) >= 11 is 1.31. The van der Waals surface area contributed by atoms with E-state index in [1.54, 1.807) is 18.5 Å². The number of carbonyl (C=O) groups excluding carboxylic acids is 1. The minimum atomic E-state index is -0.312. The lowest BCUT2D eigenvalue weighted by molar-refractivity contribution is -0.118. The number of hydrogen-bond acceptors (Lipinski definition) is 4. The fraction of sp³-hybridized carbons (Fsp3) is 0.250. The third-order valence-electron chi connectivity index (χ3n) is 4.07. The van der Waals surface area contributed by atoms with E-state index in [-0.39, 0.29) is 17.5 Å². The van der Waals surface area contributed by atoms with Crippen LogP contribution < -0.4 is 5.32 Å². The van der Waals surface area contributed by atoms with Crippen molar-refractivity contribution in [2.75, 3.05) is 5.75 Å². The number of halogens is 1. The summed E-state index contributed by atoms with van der Waals surface area (Å²) in [6.45, 7) is 4.59. The van der Waals surface area contributed by atoms with E-state index in [2.05, 4.69) is 41.5 Å². The molecule has 1 amide bonds. The van der Waals surface area contributed by atoms with Crippen LogP contribution in [0.25, 0.3) is 5.69 Å². The number of nitrogens with zero attached hydrogens (tertiary/aromatic N) is 3. The largest absolute Gasteiger partial charge is 0.351 e. The van der Waals surface area contributed by atoms with Gasteiger partial charge in [-0.2, -0.15) is 0 Å². The maximum Gasteiger partial charge on any atom is 0.230 e. The normalized spacial score (nSPS) is 11.0. The lowest BCUT2D eigenvalue weighted by atomic mass is 10.0. The number of aromatic nitrogens is 3. The van der Waals surface area contributed by atoms with Crippen molar-refractivity contribution >= 4 is 17.7 Å². The molecule has 3 aromatic rings. The summed E-state index contributed by atoms with van der Waals surface area (Å²) in [5.74, 6) is 0.218. The van der Waals surface area contributed by atoms with Crippen molar-refractivity contribution in [1.29, 1.82) is 0 Å². The second-order valence-corrected chi connectivity index (χ2v) is 7.37. The Bertz CT molecular complexity index is 908. The van der Waals surface area contributed by atoms with Crippen LogP contribution in [0.2, 0.25) is 0 Å². The lowest BCUT2D eigenvalue weighted by Gasteiger charge is -2.09. The SMILES string of the molecule is CC(C)c1ccc(-n2cnnc2SCC(=O)NCc2cccc(F)c2)cc1. The molecule has 1 heterocycles. The topological polar surface area (TPSA) is 59.8 Å². The first kappa shape index (κ1) is 19.1. The number of carbonyl (C=O) groups is 1. The molecule has 140 valence electrons. The third kappa shape index (κ3) is 5.17. The molecule has 0 aliphatic heterocycles. The zero-order valence-corrected chi connectivity index (χ0v) is 16.0. The zero-order valence-electron chi connectivity index (χ0n) is 15.2. The van der Waals surface area contributed by atoms with Gasteiger partial charge in [0, 0.05) is 12.2 Å². The highest BCUT2D eigenvalue weighted by atomic mass is 32.2. The van der Waals surface area contributed by atoms with Crippen molar-refractivity contribution < 1.29 is 9.18 Å². The number of hydrogen-bond donors (Lipinski definition) is 1. The Hall–Kier alpha value is -2.67. The van der Waals surface area contributed by atoms with Gasteiger partial charge in [0.15, 0.2) is 5.16 Å². The average molecular weight is 384 g/mol. The highest BCUT2D eigenvalue weighted by Crippen LogP contribution is 2.21. The summed E-state index contributed by atoms with van der Waals surface area (Å²) in [5.41, 5.74) is 2.94. The van der Waals surface area contributed by atoms with Gasteiger partial charge in [0.1, 0.15) is 12.1 Å². The first-order valence-corrected chi connectivity index (χ1v) is 9.66. The van der Waals surface area contributed by atoms with Crippen LogP contribution in [-0.2, 0) is 11.3 Å². The summed E-state index contributed by atoms with van der Waals surface area (Å²) in [5, 5.41) is 11.5. The van der Waals surface area contributed by atoms with Crippen molar-refractivity contribution in [3.63, 3.8) is 0 Å². The van der Waals surface area contributed by atoms with Crippen molar-refractivity contribution in [2.45, 2.75) is 31.5 Å². The predicted molar refractivity (Wildman–Crippen MR) is 104 cm³/mol. The Balaban J connectivity index is 1.57. The molecular weight excluding hydrogens is 363 g/mol. The lowest BCUT2D eigenvalue weighted by Crippen LogP contribution is -2.24. The fourth-order valence-electron chi connectivity index (χ4n) is 2.55. The Kier molecular flexibility index (Phi) is 6.24. The highest BCUT2D eigenvalue weighted by Gasteiger charge is 2.11. The quantitative estimate of drug-likeness (QED) is 0.627. The summed E-state index contributed by atoms with van der Waals surface area (Å²) in [7, 11) is 0. The van der Waals surface area contributed by atoms with Gasteiger partial charge in [-0.05, 0) is 41.3 Å². The van der Waals surface area contributed by atoms with Gasteiger partial charge in [0.25, 0.3) is 0 Å². The van der Waals surface area contributed by atoms with E-state index in [4.69, 9.17) is 0 Å². The Morgan fingerprint density at radius 3 is 2.70 bits per heavy atom. The molecule has 0 aliphatic carbocycles. The molecule has 0 unspecified atom stereocenters. The van der Waals surface area contributed by atoms with E-state index in [9.17, 15) is 9.18 Å². The van der Waals surface area contributed by atoms with E-state index in [0.717, 1.165) is 11.3 Å². The van der Waals surface area contributed by atoms with E-state index in [1.165, 1.54) is 29.5 Å². The zero-order chi connectivity index (χ0) is 19.2. The molecule has 0 saturated heterocycles. The van der Waals surface area contributed by atoms with Crippen molar-refractivity contribution in [3.8, 4) is 5.69 Å². The van der Waals surface area contributed by atoms with Crippen LogP contribution in [0.3, 0.4) is 0 Å². The third-order valence-corrected chi connectivity index (χ3v) is 5.01. The van der Waals surface area contributed by atoms with Gasteiger partial charge in [-0.25, -0.2) is 4.39 Å². The monoisotopic (exact) mass is 384 g/mol. The van der Waals surface area contributed by atoms with Crippen molar-refractivity contribution in [2.24, 2.45) is 0 Å². The van der Waals surface area contributed by atoms with Crippen molar-refractivity contribution in [3.05, 3.63) is 71.8 Å². The van der Waals surface area contributed by atoms with Gasteiger partial charge in [0.2, 0.25) is 5.91 Å². The minimum Gasteiger partial charge on any atom is -0.351 e. The molecule has 0 spiro atoms. The number of benzene rings is 2. The molecule has 2 aromatic carbocycles. The predicted octanol–water partition coefficient (Wildman–Crippen LogP) is 3.94. The molecule has 0 bridgehead atoms. The second kappa shape index (κ2) is 8.81. The number of rotatable bonds is 7. The van der Waals surface area contributed by atoms with Crippen LogP contribution in [-0.4, -0.2) is 26.4 Å². The first-order chi connectivity index (χ1) is 13.0. The molecular formula is C20H21FN4OS. The van der Waals surface area contributed by atoms with Gasteiger partial charge in [-0.15, -0.1) is 10.2 Å². The summed E-state index contributed by atoms with van der Waals surface area (Å²) in [6.07, 6.45) is 1.64. The van der Waals surface area contributed by atoms with E-state index >= 15 is 0 Å². The molecule has 1 aromatic heterocycles. The van der Waals surface area contributed by atoms with Crippen LogP contribution in [0.1, 0.15) is 30.9 Å². The first-order valence-electron chi connectivity index (χ1n) is 8.67. The van der Waals surface area contributed by atoms with E-state index < -0.39 is 0 Å². The maximum absolute atomic E-state index is 13.2. The fourth-order valence-corrected chi connectivity index (χ4v) is 3.31. The highest BCUT2D eigenvalue weighted by molar-refractivity contribution is 7.99. The molecule has 7 heteroatoms. The molecule has 5 nitrogen and oxygen atoms in total. The smallest absolute Gasteiger partial charge is 0.230 e. The van der Waals surface area contributed by atoms with Gasteiger partial charge >= 0.3 is 0 Å². The Labute approximate surface area is 162 Å². The Morgan fingerprint density at radius 1 is 1.22 bits per heavy atom. The molecule has 3 rings (SSSR count). The number of thioether (sulfide) groups is 1. The molecule has 27 heavy (non-hydrogen) atoms. The second-order valence-electron chi connectivity index (χ2n) is 6.43. The van der Waals surface area contributed by atoms with E-state index in [1.807, 2.05) is 16.7 Å². The van der Waals surface area contributed by atoms with E-state index in [0.29, 0.717) is 17.6 Å². The molecule has 0 atom stereocenters. The number of nitrogens with one attached hydrogen (secondary N) is 1. The van der Waals surface area contributed by atoms with Crippen LogP contribution in [0.15, 0.2) is 60.0 Å². The van der Waals surface area contributed by atoms with Crippen LogP contribution >= 0.6 is 11.8 Å². The summed E-state index contributed by atoms with van der Waals surface area (Å²) < 4.78 is 15.0. The average Bonchev–Trinajstić information content (AvgIpc) is 3.13. The van der Waals surface area contributed by atoms with Gasteiger partial charge in [0.05, 0.1) is 5.75 Å². The van der Waals surface area contributed by atoms with Crippen LogP contribution in [0.4, 0.5) is 4.39 Å². The molecule has 0 aliphatic rings. The molecule has 0 fully saturated rings. The molecule has 1 N–H and O–H groups in total. The van der Waals surface area contributed by atoms with Crippen LogP contribution in [0.5, 0.6) is 0 Å². The standard InChI is InChI=1S/C20H21FN4OS/c1-14(2)16-6-8-18(9-7-16)25-13-23-24-20(25)27-12-19(26)22-11-15-4-3-5-17(21)10-15/h3-10,13-14H,11-12H2,1-2H3,(H,22,26). The van der Waals surface area contributed by atoms with Crippen LogP contribution in [0, 0.1) is 5.82 Å². The Morgan fingerprint density at radius 2 is 2.00 bits per heavy atom. The maximum atomic E-state index is 13.2. The minimum absolute atomic E-state index is 0.144. The van der Waals surface area contributed by atoms with Crippen molar-refractivity contribution in [1.82, 2.24) is 20.1 Å². The molecule has 0 radical (unpaired) electrons. The van der Waals surface area contributed by atoms with Gasteiger partial charge < -0.3 is 5.32 Å². The number of amides is 1. The molecule has 0 saturated carbocycles. The summed E-state index contributed by atoms with van der Waals surface area (Å²) in [4.78, 5) is 12.1. The summed E-state index contributed by atoms with van der Waals surface area (Å²) in [6, 6.07) is 14.4. The van der Waals surface area contributed by atoms with Gasteiger partial charge in [-0.1, -0.05) is 49.9 Å². The van der Waals surface area contributed by atoms with Gasteiger partial charge in [-0.3, -0.25) is 9.36 Å².